The number of nitrogens with zero attached hydrogens (tertiary/aromatic N) is 1. The largest absolute Gasteiger partial charge is 0.183 e. The van der Waals surface area contributed by atoms with Gasteiger partial charge in [-0.05, 0) is 6.42 Å². The molecule has 2 radical (unpaired) electrons. The van der Waals surface area contributed by atoms with Crippen LogP contribution >= 0.6 is 0 Å². The second-order valence-electron chi connectivity index (χ2n) is 2.38. The van der Waals surface area contributed by atoms with E-state index in [9.17, 15) is 0 Å². The van der Waals surface area contributed by atoms with Crippen LogP contribution < -0.4 is 5.32 Å². The van der Waals surface area contributed by atoms with E-state index in [4.69, 9.17) is 0 Å². The van der Waals surface area contributed by atoms with Gasteiger partial charge in [-0.3, -0.25) is 0 Å². The Labute approximate surface area is 58.8 Å². The smallest absolute Gasteiger partial charge is 0.0654 e. The standard InChI is InChI=1S/C8H18N/c1-3-5-6-8-9-7-4-2/h3-8H2,1-2H3/q+1. The quantitative estimate of drug-likeness (QED) is 0.487. The van der Waals surface area contributed by atoms with E-state index in [2.05, 4.69) is 19.2 Å². The van der Waals surface area contributed by atoms with Gasteiger partial charge in [-0.25, -0.2) is 0 Å². The van der Waals surface area contributed by atoms with Crippen LogP contribution in [0.3, 0.4) is 0 Å². The molecule has 0 atom stereocenters. The van der Waals surface area contributed by atoms with Crippen LogP contribution in [0, 0.1) is 0 Å². The van der Waals surface area contributed by atoms with E-state index in [1.165, 1.54) is 25.7 Å². The predicted octanol–water partition coefficient (Wildman–Crippen LogP) is 2.19. The van der Waals surface area contributed by atoms with Crippen molar-refractivity contribution in [2.75, 3.05) is 13.1 Å². The maximum atomic E-state index is 4.33. The van der Waals surface area contributed by atoms with Crippen molar-refractivity contribution >= 4 is 0 Å². The lowest BCUT2D eigenvalue weighted by Gasteiger charge is -1.86. The summed E-state index contributed by atoms with van der Waals surface area (Å²) in [5, 5.41) is 4.33. The third-order valence-electron chi connectivity index (χ3n) is 1.30. The van der Waals surface area contributed by atoms with Gasteiger partial charge in [0, 0.05) is 12.8 Å². The van der Waals surface area contributed by atoms with Gasteiger partial charge in [0.05, 0.1) is 5.32 Å². The first kappa shape index (κ1) is 8.96. The number of hydrogen-bond acceptors (Lipinski definition) is 0. The number of hydrogen-bond donors (Lipinski definition) is 0. The molecule has 0 saturated heterocycles. The molecule has 0 unspecified atom stereocenters. The van der Waals surface area contributed by atoms with Gasteiger partial charge in [0.15, 0.2) is 13.1 Å². The summed E-state index contributed by atoms with van der Waals surface area (Å²) < 4.78 is 0. The average molecular weight is 128 g/mol. The highest BCUT2D eigenvalue weighted by Gasteiger charge is 1.98. The number of unbranched alkanes of at least 4 members (excludes halogenated alkanes) is 2. The van der Waals surface area contributed by atoms with Gasteiger partial charge in [0.25, 0.3) is 0 Å². The topological polar surface area (TPSA) is 14.1 Å². The van der Waals surface area contributed by atoms with Gasteiger partial charge in [0.2, 0.25) is 0 Å². The minimum atomic E-state index is 1.06. The maximum Gasteiger partial charge on any atom is 0.183 e. The molecule has 0 spiro atoms. The third-order valence-corrected chi connectivity index (χ3v) is 1.30. The van der Waals surface area contributed by atoms with Crippen molar-refractivity contribution in [2.45, 2.75) is 39.5 Å². The van der Waals surface area contributed by atoms with Gasteiger partial charge < -0.3 is 0 Å². The van der Waals surface area contributed by atoms with Crippen LogP contribution in [0.1, 0.15) is 39.5 Å². The lowest BCUT2D eigenvalue weighted by molar-refractivity contribution is 0.602. The molecule has 0 aliphatic carbocycles. The minimum absolute atomic E-state index is 1.06. The second-order valence-corrected chi connectivity index (χ2v) is 2.38. The van der Waals surface area contributed by atoms with E-state index < -0.39 is 0 Å². The van der Waals surface area contributed by atoms with E-state index in [1.54, 1.807) is 0 Å². The lowest BCUT2D eigenvalue weighted by Crippen LogP contribution is -2.06. The molecule has 0 aromatic heterocycles. The molecule has 0 bridgehead atoms. The van der Waals surface area contributed by atoms with Crippen LogP contribution in [0.25, 0.3) is 0 Å². The minimum Gasteiger partial charge on any atom is -0.0654 e. The van der Waals surface area contributed by atoms with Gasteiger partial charge in [-0.2, -0.15) is 0 Å². The van der Waals surface area contributed by atoms with Gasteiger partial charge in [0.1, 0.15) is 0 Å². The van der Waals surface area contributed by atoms with E-state index >= 15 is 0 Å². The van der Waals surface area contributed by atoms with E-state index in [-0.39, 0.29) is 0 Å². The molecule has 9 heavy (non-hydrogen) atoms. The van der Waals surface area contributed by atoms with Crippen LogP contribution in [-0.2, 0) is 0 Å². The molecule has 1 nitrogen and oxygen atoms in total. The summed E-state index contributed by atoms with van der Waals surface area (Å²) in [7, 11) is 0. The molecular weight excluding hydrogens is 110 g/mol. The van der Waals surface area contributed by atoms with Crippen molar-refractivity contribution in [2.24, 2.45) is 0 Å². The zero-order chi connectivity index (χ0) is 6.95. The predicted molar refractivity (Wildman–Crippen MR) is 41.7 cm³/mol. The molecule has 0 aromatic carbocycles. The van der Waals surface area contributed by atoms with Crippen molar-refractivity contribution < 1.29 is 0 Å². The molecule has 0 heterocycles. The molecule has 0 aliphatic rings. The molecule has 1 heteroatoms. The monoisotopic (exact) mass is 128 g/mol. The Bertz CT molecular complexity index is 37.8. The average Bonchev–Trinajstić information content (AvgIpc) is 1.89. The van der Waals surface area contributed by atoms with Crippen molar-refractivity contribution in [1.82, 2.24) is 5.32 Å². The Morgan fingerprint density at radius 1 is 0.889 bits per heavy atom. The normalized spacial score (nSPS) is 10.0. The Balaban J connectivity index is 2.60. The third kappa shape index (κ3) is 7.96. The van der Waals surface area contributed by atoms with Crippen molar-refractivity contribution in [3.05, 3.63) is 0 Å². The van der Waals surface area contributed by atoms with E-state index in [0.29, 0.717) is 0 Å². The van der Waals surface area contributed by atoms with Crippen LogP contribution in [0.15, 0.2) is 0 Å². The summed E-state index contributed by atoms with van der Waals surface area (Å²) in [4.78, 5) is 0. The van der Waals surface area contributed by atoms with Crippen LogP contribution in [0.2, 0.25) is 0 Å². The van der Waals surface area contributed by atoms with E-state index in [1.807, 2.05) is 0 Å². The lowest BCUT2D eigenvalue weighted by atomic mass is 10.2. The van der Waals surface area contributed by atoms with Crippen molar-refractivity contribution in [1.29, 1.82) is 0 Å². The first-order chi connectivity index (χ1) is 4.41. The van der Waals surface area contributed by atoms with Crippen LogP contribution in [0.4, 0.5) is 0 Å². The van der Waals surface area contributed by atoms with Crippen LogP contribution in [-0.4, -0.2) is 13.1 Å². The molecule has 0 fully saturated rings. The summed E-state index contributed by atoms with van der Waals surface area (Å²) in [5.74, 6) is 0. The fourth-order valence-corrected chi connectivity index (χ4v) is 0.744. The summed E-state index contributed by atoms with van der Waals surface area (Å²) in [6.45, 7) is 6.54. The Kier molecular flexibility index (Phi) is 7.92. The van der Waals surface area contributed by atoms with Gasteiger partial charge in [-0.15, -0.1) is 0 Å². The fraction of sp³-hybridized carbons (Fsp3) is 1.00. The van der Waals surface area contributed by atoms with Crippen molar-refractivity contribution in [3.63, 3.8) is 0 Å². The summed E-state index contributed by atoms with van der Waals surface area (Å²) in [5.41, 5.74) is 0. The first-order valence-corrected chi connectivity index (χ1v) is 4.05. The summed E-state index contributed by atoms with van der Waals surface area (Å²) in [6, 6.07) is 0. The SMILES string of the molecule is CCCCC[N+]CCC. The first-order valence-electron chi connectivity index (χ1n) is 4.05. The molecule has 0 N–H and O–H groups in total. The van der Waals surface area contributed by atoms with Gasteiger partial charge >= 0.3 is 0 Å². The fourth-order valence-electron chi connectivity index (χ4n) is 0.744. The molecule has 0 aromatic rings. The molecule has 0 saturated carbocycles. The van der Waals surface area contributed by atoms with Gasteiger partial charge in [-0.1, -0.05) is 20.3 Å². The molecular formula is C8H18N+. The molecule has 54 valence electrons. The zero-order valence-corrected chi connectivity index (χ0v) is 6.69. The van der Waals surface area contributed by atoms with Crippen molar-refractivity contribution in [3.8, 4) is 0 Å². The highest BCUT2D eigenvalue weighted by molar-refractivity contribution is 4.44. The Hall–Kier alpha value is -0.0400. The summed E-state index contributed by atoms with van der Waals surface area (Å²) >= 11 is 0. The second kappa shape index (κ2) is 7.96. The Morgan fingerprint density at radius 3 is 2.22 bits per heavy atom. The van der Waals surface area contributed by atoms with E-state index in [0.717, 1.165) is 13.1 Å². The zero-order valence-electron chi connectivity index (χ0n) is 6.69. The molecule has 0 amide bonds. The molecule has 0 rings (SSSR count). The number of rotatable bonds is 6. The summed E-state index contributed by atoms with van der Waals surface area (Å²) in [6.07, 6.45) is 5.14. The maximum absolute atomic E-state index is 4.33. The highest BCUT2D eigenvalue weighted by atomic mass is 14.8. The van der Waals surface area contributed by atoms with Crippen LogP contribution in [0.5, 0.6) is 0 Å². The highest BCUT2D eigenvalue weighted by Crippen LogP contribution is 1.91. The Morgan fingerprint density at radius 2 is 1.67 bits per heavy atom. The molecule has 0 aliphatic heterocycles.